The van der Waals surface area contributed by atoms with Crippen LogP contribution < -0.4 is 10.7 Å². The predicted octanol–water partition coefficient (Wildman–Crippen LogP) is 4.06. The smallest absolute Gasteiger partial charge is 0.191 e. The SMILES string of the molecule is C/C(=N\NC(=S)Nc1cccc(Cl)c1C)c1ccc(O)cc1. The Kier molecular flexibility index (Phi) is 5.35. The number of benzene rings is 2. The third-order valence-corrected chi connectivity index (χ3v) is 3.73. The van der Waals surface area contributed by atoms with Crippen LogP contribution in [-0.4, -0.2) is 15.9 Å². The quantitative estimate of drug-likeness (QED) is 0.450. The zero-order chi connectivity index (χ0) is 16.1. The van der Waals surface area contributed by atoms with Crippen LogP contribution in [0.3, 0.4) is 0 Å². The van der Waals surface area contributed by atoms with Gasteiger partial charge in [-0.2, -0.15) is 5.10 Å². The lowest BCUT2D eigenvalue weighted by atomic mass is 10.1. The van der Waals surface area contributed by atoms with Gasteiger partial charge >= 0.3 is 0 Å². The van der Waals surface area contributed by atoms with Gasteiger partial charge in [0.1, 0.15) is 5.75 Å². The van der Waals surface area contributed by atoms with E-state index >= 15 is 0 Å². The number of phenols is 1. The maximum Gasteiger partial charge on any atom is 0.191 e. The molecule has 0 fully saturated rings. The van der Waals surface area contributed by atoms with E-state index in [0.717, 1.165) is 22.5 Å². The van der Waals surface area contributed by atoms with Crippen LogP contribution >= 0.6 is 23.8 Å². The fourth-order valence-corrected chi connectivity index (χ4v) is 2.13. The van der Waals surface area contributed by atoms with Crippen LogP contribution in [0.4, 0.5) is 5.69 Å². The Labute approximate surface area is 139 Å². The molecule has 0 amide bonds. The second-order valence-corrected chi connectivity index (χ2v) is 5.54. The molecule has 2 aromatic carbocycles. The highest BCUT2D eigenvalue weighted by Gasteiger charge is 2.04. The molecular formula is C16H16ClN3OS. The number of thiocarbonyl (C=S) groups is 1. The second kappa shape index (κ2) is 7.24. The molecule has 0 spiro atoms. The molecule has 2 rings (SSSR count). The molecule has 0 saturated carbocycles. The van der Waals surface area contributed by atoms with Gasteiger partial charge in [-0.1, -0.05) is 17.7 Å². The van der Waals surface area contributed by atoms with Gasteiger partial charge in [-0.3, -0.25) is 5.43 Å². The molecular weight excluding hydrogens is 318 g/mol. The highest BCUT2D eigenvalue weighted by molar-refractivity contribution is 7.80. The number of hydrogen-bond acceptors (Lipinski definition) is 3. The molecule has 0 bridgehead atoms. The fourth-order valence-electron chi connectivity index (χ4n) is 1.79. The van der Waals surface area contributed by atoms with E-state index in [4.69, 9.17) is 23.8 Å². The first-order chi connectivity index (χ1) is 10.5. The molecule has 0 unspecified atom stereocenters. The number of hydrogen-bond donors (Lipinski definition) is 3. The Balaban J connectivity index is 2.01. The molecule has 0 aromatic heterocycles. The average Bonchev–Trinajstić information content (AvgIpc) is 2.50. The zero-order valence-corrected chi connectivity index (χ0v) is 13.8. The van der Waals surface area contributed by atoms with Gasteiger partial charge in [0.25, 0.3) is 0 Å². The van der Waals surface area contributed by atoms with E-state index in [1.54, 1.807) is 24.3 Å². The van der Waals surface area contributed by atoms with E-state index < -0.39 is 0 Å². The van der Waals surface area contributed by atoms with Crippen molar-refractivity contribution in [2.24, 2.45) is 5.10 Å². The van der Waals surface area contributed by atoms with Crippen molar-refractivity contribution >= 4 is 40.3 Å². The van der Waals surface area contributed by atoms with Crippen molar-refractivity contribution in [3.05, 3.63) is 58.6 Å². The number of nitrogens with one attached hydrogen (secondary N) is 2. The first-order valence-electron chi connectivity index (χ1n) is 6.63. The molecule has 0 aliphatic rings. The summed E-state index contributed by atoms with van der Waals surface area (Å²) in [6, 6.07) is 12.4. The van der Waals surface area contributed by atoms with Crippen molar-refractivity contribution in [2.45, 2.75) is 13.8 Å². The molecule has 0 radical (unpaired) electrons. The van der Waals surface area contributed by atoms with Crippen molar-refractivity contribution in [2.75, 3.05) is 5.32 Å². The number of hydrazone groups is 1. The Hall–Kier alpha value is -2.11. The molecule has 0 aliphatic carbocycles. The third kappa shape index (κ3) is 4.19. The van der Waals surface area contributed by atoms with Crippen LogP contribution in [0.15, 0.2) is 47.6 Å². The average molecular weight is 334 g/mol. The fraction of sp³-hybridized carbons (Fsp3) is 0.125. The zero-order valence-electron chi connectivity index (χ0n) is 12.2. The van der Waals surface area contributed by atoms with Gasteiger partial charge in [-0.25, -0.2) is 0 Å². The summed E-state index contributed by atoms with van der Waals surface area (Å²) in [6.07, 6.45) is 0. The molecule has 3 N–H and O–H groups in total. The standard InChI is InChI=1S/C16H16ClN3OS/c1-10-14(17)4-3-5-15(10)18-16(22)20-19-11(2)12-6-8-13(21)9-7-12/h3-9,21H,1-2H3,(H2,18,20,22)/b19-11+. The summed E-state index contributed by atoms with van der Waals surface area (Å²) in [5.74, 6) is 0.220. The molecule has 0 heterocycles. The minimum atomic E-state index is 0.220. The molecule has 6 heteroatoms. The molecule has 114 valence electrons. The maximum atomic E-state index is 9.27. The van der Waals surface area contributed by atoms with Crippen LogP contribution in [0.1, 0.15) is 18.1 Å². The lowest BCUT2D eigenvalue weighted by Gasteiger charge is -2.11. The number of rotatable bonds is 3. The number of nitrogens with zero attached hydrogens (tertiary/aromatic N) is 1. The second-order valence-electron chi connectivity index (χ2n) is 4.72. The summed E-state index contributed by atoms with van der Waals surface area (Å²) in [7, 11) is 0. The van der Waals surface area contributed by atoms with Crippen molar-refractivity contribution in [3.8, 4) is 5.75 Å². The van der Waals surface area contributed by atoms with Crippen molar-refractivity contribution < 1.29 is 5.11 Å². The van der Waals surface area contributed by atoms with Crippen molar-refractivity contribution in [1.82, 2.24) is 5.43 Å². The minimum absolute atomic E-state index is 0.220. The van der Waals surface area contributed by atoms with Gasteiger partial charge < -0.3 is 10.4 Å². The molecule has 0 saturated heterocycles. The van der Waals surface area contributed by atoms with Gasteiger partial charge in [0.05, 0.1) is 5.71 Å². The molecule has 4 nitrogen and oxygen atoms in total. The summed E-state index contributed by atoms with van der Waals surface area (Å²) in [6.45, 7) is 3.77. The molecule has 2 aromatic rings. The van der Waals surface area contributed by atoms with Crippen LogP contribution in [0.25, 0.3) is 0 Å². The minimum Gasteiger partial charge on any atom is -0.508 e. The molecule has 0 aliphatic heterocycles. The van der Waals surface area contributed by atoms with Gasteiger partial charge in [-0.05, 0) is 73.6 Å². The van der Waals surface area contributed by atoms with Crippen LogP contribution in [0.2, 0.25) is 5.02 Å². The number of phenolic OH excluding ortho intramolecular Hbond substituents is 1. The normalized spacial score (nSPS) is 11.1. The van der Waals surface area contributed by atoms with E-state index in [2.05, 4.69) is 15.8 Å². The Morgan fingerprint density at radius 3 is 2.55 bits per heavy atom. The number of halogens is 1. The van der Waals surface area contributed by atoms with Gasteiger partial charge in [0.15, 0.2) is 5.11 Å². The van der Waals surface area contributed by atoms with E-state index in [1.165, 1.54) is 0 Å². The van der Waals surface area contributed by atoms with Gasteiger partial charge in [0, 0.05) is 10.7 Å². The first kappa shape index (κ1) is 16.3. The van der Waals surface area contributed by atoms with Crippen LogP contribution in [0.5, 0.6) is 5.75 Å². The first-order valence-corrected chi connectivity index (χ1v) is 7.42. The predicted molar refractivity (Wildman–Crippen MR) is 95.9 cm³/mol. The Morgan fingerprint density at radius 2 is 1.86 bits per heavy atom. The highest BCUT2D eigenvalue weighted by Crippen LogP contribution is 2.22. The monoisotopic (exact) mass is 333 g/mol. The summed E-state index contributed by atoms with van der Waals surface area (Å²) in [5, 5.41) is 17.6. The van der Waals surface area contributed by atoms with E-state index in [9.17, 15) is 5.11 Å². The van der Waals surface area contributed by atoms with E-state index in [1.807, 2.05) is 32.0 Å². The van der Waals surface area contributed by atoms with Crippen molar-refractivity contribution in [1.29, 1.82) is 0 Å². The van der Waals surface area contributed by atoms with E-state index in [-0.39, 0.29) is 5.75 Å². The summed E-state index contributed by atoms with van der Waals surface area (Å²) < 4.78 is 0. The summed E-state index contributed by atoms with van der Waals surface area (Å²) >= 11 is 11.3. The van der Waals surface area contributed by atoms with E-state index in [0.29, 0.717) is 10.1 Å². The molecule has 0 atom stereocenters. The van der Waals surface area contributed by atoms with Gasteiger partial charge in [0.2, 0.25) is 0 Å². The van der Waals surface area contributed by atoms with Gasteiger partial charge in [-0.15, -0.1) is 0 Å². The highest BCUT2D eigenvalue weighted by atomic mass is 35.5. The Bertz CT molecular complexity index is 714. The number of anilines is 1. The lowest BCUT2D eigenvalue weighted by Crippen LogP contribution is -2.25. The van der Waals surface area contributed by atoms with Crippen LogP contribution in [-0.2, 0) is 0 Å². The van der Waals surface area contributed by atoms with Crippen molar-refractivity contribution in [3.63, 3.8) is 0 Å². The third-order valence-electron chi connectivity index (χ3n) is 3.13. The molecule has 22 heavy (non-hydrogen) atoms. The lowest BCUT2D eigenvalue weighted by molar-refractivity contribution is 0.475. The Morgan fingerprint density at radius 1 is 1.18 bits per heavy atom. The maximum absolute atomic E-state index is 9.27. The largest absolute Gasteiger partial charge is 0.508 e. The van der Waals surface area contributed by atoms with Crippen LogP contribution in [0, 0.1) is 6.92 Å². The summed E-state index contributed by atoms with van der Waals surface area (Å²) in [4.78, 5) is 0. The number of aromatic hydroxyl groups is 1. The summed E-state index contributed by atoms with van der Waals surface area (Å²) in [5.41, 5.74) is 6.20. The topological polar surface area (TPSA) is 56.7 Å².